The van der Waals surface area contributed by atoms with Crippen molar-refractivity contribution in [1.82, 2.24) is 20.2 Å². The van der Waals surface area contributed by atoms with Crippen LogP contribution in [0.3, 0.4) is 0 Å². The highest BCUT2D eigenvalue weighted by Crippen LogP contribution is 2.33. The second-order valence-electron chi connectivity index (χ2n) is 4.24. The summed E-state index contributed by atoms with van der Waals surface area (Å²) in [6.45, 7) is 0. The van der Waals surface area contributed by atoms with Crippen LogP contribution in [0.2, 0.25) is 0 Å². The minimum absolute atomic E-state index is 0.202. The Hall–Kier alpha value is -1.48. The average Bonchev–Trinajstić information content (AvgIpc) is 2.73. The largest absolute Gasteiger partial charge is 0.416 e. The van der Waals surface area contributed by atoms with E-state index in [1.165, 1.54) is 10.9 Å². The zero-order chi connectivity index (χ0) is 14.9. The maximum absolute atomic E-state index is 12.7. The Morgan fingerprint density at radius 1 is 1.40 bits per heavy atom. The number of hydrogen-bond donors (Lipinski definition) is 1. The first-order chi connectivity index (χ1) is 9.27. The molecule has 2 N–H and O–H groups in total. The van der Waals surface area contributed by atoms with E-state index >= 15 is 0 Å². The highest BCUT2D eigenvalue weighted by molar-refractivity contribution is 9.10. The van der Waals surface area contributed by atoms with E-state index in [1.54, 1.807) is 7.05 Å². The van der Waals surface area contributed by atoms with Crippen LogP contribution in [-0.2, 0) is 19.6 Å². The zero-order valence-electron chi connectivity index (χ0n) is 10.4. The number of benzene rings is 1. The fraction of sp³-hybridized carbons (Fsp3) is 0.364. The molecule has 0 aliphatic heterocycles. The third kappa shape index (κ3) is 3.34. The van der Waals surface area contributed by atoms with Crippen molar-refractivity contribution in [1.29, 1.82) is 0 Å². The van der Waals surface area contributed by atoms with E-state index in [4.69, 9.17) is 5.73 Å². The molecule has 0 fully saturated rings. The third-order valence-corrected chi connectivity index (χ3v) is 3.40. The number of nitrogens with zero attached hydrogens (tertiary/aromatic N) is 4. The Morgan fingerprint density at radius 3 is 2.65 bits per heavy atom. The van der Waals surface area contributed by atoms with Gasteiger partial charge in [0.1, 0.15) is 0 Å². The highest BCUT2D eigenvalue weighted by atomic mass is 79.9. The molecule has 1 atom stereocenters. The van der Waals surface area contributed by atoms with Gasteiger partial charge >= 0.3 is 6.18 Å². The SMILES string of the molecule is Cn1nnc(CC(N)c2cc(C(F)(F)F)ccc2Br)n1. The van der Waals surface area contributed by atoms with Crippen molar-refractivity contribution in [2.45, 2.75) is 18.6 Å². The van der Waals surface area contributed by atoms with Gasteiger partial charge in [-0.25, -0.2) is 0 Å². The average molecular weight is 350 g/mol. The van der Waals surface area contributed by atoms with Crippen molar-refractivity contribution in [2.24, 2.45) is 12.8 Å². The molecule has 108 valence electrons. The number of hydrogen-bond acceptors (Lipinski definition) is 4. The van der Waals surface area contributed by atoms with Crippen LogP contribution in [0.25, 0.3) is 0 Å². The monoisotopic (exact) mass is 349 g/mol. The van der Waals surface area contributed by atoms with Gasteiger partial charge in [-0.15, -0.1) is 10.2 Å². The molecule has 1 aromatic carbocycles. The standard InChI is InChI=1S/C11H11BrF3N5/c1-20-18-10(17-19-20)5-9(16)7-4-6(11(13,14)15)2-3-8(7)12/h2-4,9H,5,16H2,1H3. The molecule has 20 heavy (non-hydrogen) atoms. The second kappa shape index (κ2) is 5.49. The molecular formula is C11H11BrF3N5. The molecule has 1 unspecified atom stereocenters. The van der Waals surface area contributed by atoms with E-state index in [0.29, 0.717) is 15.9 Å². The Kier molecular flexibility index (Phi) is 4.09. The van der Waals surface area contributed by atoms with Gasteiger partial charge in [0.25, 0.3) is 0 Å². The molecule has 5 nitrogen and oxygen atoms in total. The van der Waals surface area contributed by atoms with Crippen LogP contribution in [-0.4, -0.2) is 20.2 Å². The van der Waals surface area contributed by atoms with E-state index in [0.717, 1.165) is 12.1 Å². The quantitative estimate of drug-likeness (QED) is 0.922. The van der Waals surface area contributed by atoms with Crippen LogP contribution >= 0.6 is 15.9 Å². The molecule has 0 spiro atoms. The van der Waals surface area contributed by atoms with Crippen molar-refractivity contribution in [3.63, 3.8) is 0 Å². The molecule has 0 radical (unpaired) electrons. The van der Waals surface area contributed by atoms with Crippen LogP contribution in [0.5, 0.6) is 0 Å². The smallest absolute Gasteiger partial charge is 0.324 e. The third-order valence-electron chi connectivity index (χ3n) is 2.68. The van der Waals surface area contributed by atoms with Crippen molar-refractivity contribution < 1.29 is 13.2 Å². The van der Waals surface area contributed by atoms with Crippen LogP contribution in [0, 0.1) is 0 Å². The van der Waals surface area contributed by atoms with Gasteiger partial charge in [0.05, 0.1) is 12.6 Å². The van der Waals surface area contributed by atoms with Gasteiger partial charge < -0.3 is 5.73 Å². The number of tetrazole rings is 1. The van der Waals surface area contributed by atoms with Gasteiger partial charge in [-0.1, -0.05) is 15.9 Å². The summed E-state index contributed by atoms with van der Waals surface area (Å²) in [5, 5.41) is 11.4. The summed E-state index contributed by atoms with van der Waals surface area (Å²) in [6.07, 6.45) is -4.20. The summed E-state index contributed by atoms with van der Waals surface area (Å²) in [4.78, 5) is 1.27. The van der Waals surface area contributed by atoms with Crippen molar-refractivity contribution in [3.05, 3.63) is 39.6 Å². The van der Waals surface area contributed by atoms with Gasteiger partial charge in [-0.05, 0) is 29.0 Å². The van der Waals surface area contributed by atoms with Gasteiger partial charge in [0.15, 0.2) is 5.82 Å². The minimum Gasteiger partial charge on any atom is -0.324 e. The van der Waals surface area contributed by atoms with Crippen molar-refractivity contribution in [3.8, 4) is 0 Å². The number of halogens is 4. The molecule has 2 aromatic rings. The molecule has 0 aliphatic rings. The van der Waals surface area contributed by atoms with Gasteiger partial charge in [0, 0.05) is 16.9 Å². The topological polar surface area (TPSA) is 69.6 Å². The normalized spacial score (nSPS) is 13.5. The Bertz CT molecular complexity index is 610. The molecule has 0 amide bonds. The van der Waals surface area contributed by atoms with E-state index in [9.17, 15) is 13.2 Å². The summed E-state index contributed by atoms with van der Waals surface area (Å²) in [7, 11) is 1.60. The van der Waals surface area contributed by atoms with Crippen LogP contribution < -0.4 is 5.73 Å². The Labute approximate surface area is 121 Å². The fourth-order valence-corrected chi connectivity index (χ4v) is 2.26. The lowest BCUT2D eigenvalue weighted by atomic mass is 10.0. The fourth-order valence-electron chi connectivity index (χ4n) is 1.72. The molecule has 2 rings (SSSR count). The molecule has 1 heterocycles. The van der Waals surface area contributed by atoms with Gasteiger partial charge in [0.2, 0.25) is 0 Å². The highest BCUT2D eigenvalue weighted by Gasteiger charge is 2.31. The van der Waals surface area contributed by atoms with Crippen molar-refractivity contribution >= 4 is 15.9 Å². The number of aryl methyl sites for hydroxylation is 1. The molecule has 0 saturated heterocycles. The lowest BCUT2D eigenvalue weighted by molar-refractivity contribution is -0.137. The summed E-state index contributed by atoms with van der Waals surface area (Å²) in [6, 6.07) is 2.71. The van der Waals surface area contributed by atoms with E-state index in [2.05, 4.69) is 31.3 Å². The molecular weight excluding hydrogens is 339 g/mol. The summed E-state index contributed by atoms with van der Waals surface area (Å²) < 4.78 is 38.6. The second-order valence-corrected chi connectivity index (χ2v) is 5.09. The first-order valence-electron chi connectivity index (χ1n) is 5.62. The van der Waals surface area contributed by atoms with E-state index in [1.807, 2.05) is 0 Å². The Morgan fingerprint density at radius 2 is 2.10 bits per heavy atom. The predicted molar refractivity (Wildman–Crippen MR) is 68.6 cm³/mol. The number of aromatic nitrogens is 4. The minimum atomic E-state index is -4.40. The van der Waals surface area contributed by atoms with Crippen LogP contribution in [0.1, 0.15) is 23.0 Å². The summed E-state index contributed by atoms with van der Waals surface area (Å²) in [5.41, 5.74) is 5.55. The summed E-state index contributed by atoms with van der Waals surface area (Å²) >= 11 is 3.21. The number of nitrogens with two attached hydrogens (primary N) is 1. The van der Waals surface area contributed by atoms with Crippen molar-refractivity contribution in [2.75, 3.05) is 0 Å². The first-order valence-corrected chi connectivity index (χ1v) is 6.42. The predicted octanol–water partition coefficient (Wildman–Crippen LogP) is 2.23. The lowest BCUT2D eigenvalue weighted by Crippen LogP contribution is -2.16. The van der Waals surface area contributed by atoms with E-state index < -0.39 is 17.8 Å². The lowest BCUT2D eigenvalue weighted by Gasteiger charge is -2.15. The first kappa shape index (κ1) is 14.9. The number of alkyl halides is 3. The van der Waals surface area contributed by atoms with Crippen LogP contribution in [0.4, 0.5) is 13.2 Å². The Balaban J connectivity index is 2.27. The summed E-state index contributed by atoms with van der Waals surface area (Å²) in [5.74, 6) is 0.379. The zero-order valence-corrected chi connectivity index (χ0v) is 12.0. The molecule has 1 aromatic heterocycles. The molecule has 0 aliphatic carbocycles. The molecule has 9 heteroatoms. The van der Waals surface area contributed by atoms with Crippen LogP contribution in [0.15, 0.2) is 22.7 Å². The van der Waals surface area contributed by atoms with E-state index in [-0.39, 0.29) is 6.42 Å². The number of rotatable bonds is 3. The maximum Gasteiger partial charge on any atom is 0.416 e. The molecule has 0 saturated carbocycles. The molecule has 0 bridgehead atoms. The maximum atomic E-state index is 12.7. The van der Waals surface area contributed by atoms with Gasteiger partial charge in [-0.3, -0.25) is 0 Å². The van der Waals surface area contributed by atoms with Gasteiger partial charge in [-0.2, -0.15) is 18.0 Å².